The second-order valence-electron chi connectivity index (χ2n) is 4.80. The molecule has 22 heavy (non-hydrogen) atoms. The fraction of sp³-hybridized carbons (Fsp3) is 0.333. The Balaban J connectivity index is 1.86. The van der Waals surface area contributed by atoms with Gasteiger partial charge in [0.15, 0.2) is 14.9 Å². The van der Waals surface area contributed by atoms with Crippen molar-refractivity contribution in [2.75, 3.05) is 11.5 Å². The van der Waals surface area contributed by atoms with Crippen LogP contribution in [0.5, 0.6) is 0 Å². The molecular weight excluding hydrogens is 328 g/mol. The summed E-state index contributed by atoms with van der Waals surface area (Å²) in [5.41, 5.74) is 3.08. The van der Waals surface area contributed by atoms with Crippen LogP contribution in [0.4, 0.5) is 5.69 Å². The quantitative estimate of drug-likeness (QED) is 0.356. The minimum absolute atomic E-state index is 0.0270. The van der Waals surface area contributed by atoms with Gasteiger partial charge in [-0.25, -0.2) is 8.42 Å². The molecule has 2 rings (SSSR count). The number of thiocarbonyl (C=S) groups is 1. The average Bonchev–Trinajstić information content (AvgIpc) is 2.78. The van der Waals surface area contributed by atoms with Gasteiger partial charge >= 0.3 is 0 Å². The van der Waals surface area contributed by atoms with E-state index in [9.17, 15) is 18.5 Å². The summed E-state index contributed by atoms with van der Waals surface area (Å²) in [6, 6.07) is 5.78. The van der Waals surface area contributed by atoms with Gasteiger partial charge in [0.05, 0.1) is 22.6 Å². The van der Waals surface area contributed by atoms with Crippen molar-refractivity contribution in [2.24, 2.45) is 5.10 Å². The van der Waals surface area contributed by atoms with Gasteiger partial charge < -0.3 is 5.32 Å². The highest BCUT2D eigenvalue weighted by atomic mass is 32.2. The minimum Gasteiger partial charge on any atom is -0.358 e. The van der Waals surface area contributed by atoms with E-state index in [-0.39, 0.29) is 28.3 Å². The molecule has 0 radical (unpaired) electrons. The van der Waals surface area contributed by atoms with Crippen LogP contribution in [0.3, 0.4) is 0 Å². The molecule has 8 nitrogen and oxygen atoms in total. The van der Waals surface area contributed by atoms with Crippen molar-refractivity contribution in [3.63, 3.8) is 0 Å². The van der Waals surface area contributed by atoms with Crippen molar-refractivity contribution in [2.45, 2.75) is 12.5 Å². The lowest BCUT2D eigenvalue weighted by atomic mass is 10.2. The Morgan fingerprint density at radius 2 is 2.27 bits per heavy atom. The van der Waals surface area contributed by atoms with Gasteiger partial charge in [-0.2, -0.15) is 5.10 Å². The van der Waals surface area contributed by atoms with Crippen LogP contribution in [0.25, 0.3) is 0 Å². The van der Waals surface area contributed by atoms with Crippen LogP contribution < -0.4 is 10.7 Å². The molecule has 0 aromatic heterocycles. The summed E-state index contributed by atoms with van der Waals surface area (Å²) in [6.45, 7) is 0. The fourth-order valence-electron chi connectivity index (χ4n) is 2.01. The first-order valence-electron chi connectivity index (χ1n) is 6.40. The highest BCUT2D eigenvalue weighted by Gasteiger charge is 2.28. The summed E-state index contributed by atoms with van der Waals surface area (Å²) in [4.78, 5) is 10.2. The third-order valence-electron chi connectivity index (χ3n) is 3.03. The molecule has 1 unspecified atom stereocenters. The lowest BCUT2D eigenvalue weighted by molar-refractivity contribution is -0.384. The largest absolute Gasteiger partial charge is 0.358 e. The lowest BCUT2D eigenvalue weighted by Gasteiger charge is -2.11. The number of hydrazone groups is 1. The van der Waals surface area contributed by atoms with Crippen LogP contribution in [0.2, 0.25) is 0 Å². The summed E-state index contributed by atoms with van der Waals surface area (Å²) < 4.78 is 22.6. The van der Waals surface area contributed by atoms with E-state index in [1.807, 2.05) is 0 Å². The van der Waals surface area contributed by atoms with Crippen molar-refractivity contribution in [1.82, 2.24) is 10.7 Å². The van der Waals surface area contributed by atoms with Crippen LogP contribution in [0.1, 0.15) is 12.0 Å². The summed E-state index contributed by atoms with van der Waals surface area (Å²) in [6.07, 6.45) is 1.91. The Morgan fingerprint density at radius 1 is 1.50 bits per heavy atom. The van der Waals surface area contributed by atoms with Gasteiger partial charge in [0.2, 0.25) is 0 Å². The van der Waals surface area contributed by atoms with Gasteiger partial charge in [-0.05, 0) is 18.6 Å². The first-order chi connectivity index (χ1) is 10.4. The monoisotopic (exact) mass is 342 g/mol. The first-order valence-corrected chi connectivity index (χ1v) is 8.63. The molecule has 1 saturated heterocycles. The van der Waals surface area contributed by atoms with Crippen LogP contribution in [-0.2, 0) is 9.84 Å². The molecule has 0 saturated carbocycles. The van der Waals surface area contributed by atoms with Gasteiger partial charge in [0.1, 0.15) is 0 Å². The van der Waals surface area contributed by atoms with Gasteiger partial charge in [-0.15, -0.1) is 0 Å². The Hall–Kier alpha value is -2.07. The number of nitro groups is 1. The van der Waals surface area contributed by atoms with Gasteiger partial charge in [-0.3, -0.25) is 15.5 Å². The maximum Gasteiger partial charge on any atom is 0.270 e. The topological polar surface area (TPSA) is 114 Å². The summed E-state index contributed by atoms with van der Waals surface area (Å²) in [5, 5.41) is 17.6. The zero-order chi connectivity index (χ0) is 16.2. The zero-order valence-electron chi connectivity index (χ0n) is 11.4. The van der Waals surface area contributed by atoms with Gasteiger partial charge in [0.25, 0.3) is 5.69 Å². The standard InChI is InChI=1S/C12H14N4O4S2/c17-16(18)11-3-1-2-9(6-11)7-13-15-12(21)14-10-4-5-22(19,20)8-10/h1-3,6-7,10H,4-5,8H2,(H2,14,15,21). The Morgan fingerprint density at radius 3 is 2.91 bits per heavy atom. The number of nitro benzene ring substituents is 1. The zero-order valence-corrected chi connectivity index (χ0v) is 13.1. The first kappa shape index (κ1) is 16.3. The SMILES string of the molecule is O=[N+]([O-])c1cccc(C=NNC(=S)NC2CCS(=O)(=O)C2)c1. The van der Waals surface area contributed by atoms with E-state index < -0.39 is 14.8 Å². The molecule has 0 bridgehead atoms. The normalized spacial score (nSPS) is 19.9. The number of sulfone groups is 1. The van der Waals surface area contributed by atoms with Crippen LogP contribution in [-0.4, -0.2) is 42.2 Å². The third-order valence-corrected chi connectivity index (χ3v) is 5.01. The minimum atomic E-state index is -2.97. The molecule has 0 aliphatic carbocycles. The van der Waals surface area contributed by atoms with E-state index in [4.69, 9.17) is 12.2 Å². The molecule has 1 aromatic carbocycles. The van der Waals surface area contributed by atoms with Gasteiger partial charge in [0, 0.05) is 23.7 Å². The Kier molecular flexibility index (Phi) is 5.03. The molecular formula is C12H14N4O4S2. The van der Waals surface area contributed by atoms with Crippen molar-refractivity contribution < 1.29 is 13.3 Å². The smallest absolute Gasteiger partial charge is 0.270 e. The van der Waals surface area contributed by atoms with Crippen molar-refractivity contribution in [1.29, 1.82) is 0 Å². The Labute approximate surface area is 132 Å². The van der Waals surface area contributed by atoms with Gasteiger partial charge in [-0.1, -0.05) is 12.1 Å². The van der Waals surface area contributed by atoms with Crippen LogP contribution >= 0.6 is 12.2 Å². The number of nitrogens with one attached hydrogen (secondary N) is 2. The average molecular weight is 342 g/mol. The molecule has 1 fully saturated rings. The second kappa shape index (κ2) is 6.79. The van der Waals surface area contributed by atoms with Crippen molar-refractivity contribution in [3.05, 3.63) is 39.9 Å². The molecule has 0 amide bonds. The highest BCUT2D eigenvalue weighted by molar-refractivity contribution is 7.91. The number of hydrogen-bond donors (Lipinski definition) is 2. The number of benzene rings is 1. The van der Waals surface area contributed by atoms with E-state index in [1.165, 1.54) is 18.3 Å². The maximum atomic E-state index is 11.3. The Bertz CT molecular complexity index is 718. The molecule has 1 atom stereocenters. The molecule has 1 aliphatic heterocycles. The van der Waals surface area contributed by atoms with E-state index in [2.05, 4.69) is 15.8 Å². The molecule has 118 valence electrons. The highest BCUT2D eigenvalue weighted by Crippen LogP contribution is 2.12. The number of hydrogen-bond acceptors (Lipinski definition) is 6. The molecule has 0 spiro atoms. The van der Waals surface area contributed by atoms with E-state index in [0.29, 0.717) is 12.0 Å². The number of nitrogens with zero attached hydrogens (tertiary/aromatic N) is 2. The van der Waals surface area contributed by atoms with Crippen molar-refractivity contribution >= 4 is 39.1 Å². The maximum absolute atomic E-state index is 11.3. The molecule has 1 aromatic rings. The lowest BCUT2D eigenvalue weighted by Crippen LogP contribution is -2.40. The predicted molar refractivity (Wildman–Crippen MR) is 86.6 cm³/mol. The number of rotatable bonds is 4. The molecule has 1 aliphatic rings. The summed E-state index contributed by atoms with van der Waals surface area (Å²) >= 11 is 5.01. The van der Waals surface area contributed by atoms with E-state index in [1.54, 1.807) is 12.1 Å². The van der Waals surface area contributed by atoms with Crippen LogP contribution in [0, 0.1) is 10.1 Å². The molecule has 10 heteroatoms. The summed E-state index contributed by atoms with van der Waals surface area (Å²) in [5.74, 6) is 0.216. The van der Waals surface area contributed by atoms with Crippen molar-refractivity contribution in [3.8, 4) is 0 Å². The van der Waals surface area contributed by atoms with E-state index >= 15 is 0 Å². The van der Waals surface area contributed by atoms with Crippen LogP contribution in [0.15, 0.2) is 29.4 Å². The fourth-order valence-corrected chi connectivity index (χ4v) is 3.90. The van der Waals surface area contributed by atoms with E-state index in [0.717, 1.165) is 0 Å². The second-order valence-corrected chi connectivity index (χ2v) is 7.43. The summed E-state index contributed by atoms with van der Waals surface area (Å²) in [7, 11) is -2.97. The molecule has 2 N–H and O–H groups in total. The molecule has 1 heterocycles. The third kappa shape index (κ3) is 4.74. The predicted octanol–water partition coefficient (Wildman–Crippen LogP) is 0.580. The number of non-ortho nitro benzene ring substituents is 1.